The van der Waals surface area contributed by atoms with E-state index in [1.165, 1.54) is 5.57 Å². The van der Waals surface area contributed by atoms with Crippen molar-refractivity contribution in [3.05, 3.63) is 11.6 Å². The first kappa shape index (κ1) is 13.7. The molecule has 0 radical (unpaired) electrons. The predicted molar refractivity (Wildman–Crippen MR) is 70.1 cm³/mol. The molecule has 2 unspecified atom stereocenters. The van der Waals surface area contributed by atoms with Crippen molar-refractivity contribution in [2.24, 2.45) is 10.4 Å². The second kappa shape index (κ2) is 5.32. The average molecular weight is 290 g/mol. The molecule has 1 aliphatic rings. The summed E-state index contributed by atoms with van der Waals surface area (Å²) in [6, 6.07) is 0. The maximum atomic E-state index is 5.31. The maximum Gasteiger partial charge on any atom is 0.187 e. The van der Waals surface area contributed by atoms with Crippen molar-refractivity contribution in [3.8, 4) is 0 Å². The number of hydrogen-bond acceptors (Lipinski definition) is 3. The van der Waals surface area contributed by atoms with Gasteiger partial charge in [0.2, 0.25) is 0 Å². The van der Waals surface area contributed by atoms with Gasteiger partial charge in [0.05, 0.1) is 7.11 Å². The van der Waals surface area contributed by atoms with Crippen LogP contribution >= 0.6 is 15.9 Å². The Morgan fingerprint density at radius 1 is 1.38 bits per heavy atom. The summed E-state index contributed by atoms with van der Waals surface area (Å²) in [5.74, 6) is 0.726. The van der Waals surface area contributed by atoms with Crippen molar-refractivity contribution in [2.45, 2.75) is 38.2 Å². The molecule has 0 spiro atoms. The lowest BCUT2D eigenvalue weighted by Crippen LogP contribution is -2.20. The van der Waals surface area contributed by atoms with Crippen LogP contribution in [-0.4, -0.2) is 31.2 Å². The van der Waals surface area contributed by atoms with Crippen LogP contribution in [0.25, 0.3) is 0 Å². The van der Waals surface area contributed by atoms with Gasteiger partial charge < -0.3 is 9.47 Å². The van der Waals surface area contributed by atoms with Gasteiger partial charge in [-0.1, -0.05) is 42.3 Å². The van der Waals surface area contributed by atoms with Crippen LogP contribution in [0.1, 0.15) is 27.2 Å². The summed E-state index contributed by atoms with van der Waals surface area (Å²) in [6.07, 6.45) is 2.59. The Morgan fingerprint density at radius 2 is 2.00 bits per heavy atom. The first-order valence-corrected chi connectivity index (χ1v) is 6.29. The molecule has 0 bridgehead atoms. The molecule has 2 atom stereocenters. The van der Waals surface area contributed by atoms with Crippen molar-refractivity contribution < 1.29 is 9.47 Å². The molecule has 0 aromatic heterocycles. The van der Waals surface area contributed by atoms with E-state index in [4.69, 9.17) is 9.47 Å². The van der Waals surface area contributed by atoms with Crippen LogP contribution in [0.3, 0.4) is 0 Å². The number of aliphatic imine (C=N–C) groups is 1. The number of nitrogens with zero attached hydrogens (tertiary/aromatic N) is 1. The van der Waals surface area contributed by atoms with E-state index in [1.807, 2.05) is 0 Å². The largest absolute Gasteiger partial charge is 0.484 e. The SMILES string of the molecule is COC1=NC(OC)C=C(C(C)(C)C)C(Br)C1. The van der Waals surface area contributed by atoms with Crippen molar-refractivity contribution >= 4 is 21.8 Å². The van der Waals surface area contributed by atoms with E-state index in [-0.39, 0.29) is 16.5 Å². The lowest BCUT2D eigenvalue weighted by atomic mass is 9.83. The first-order chi connectivity index (χ1) is 7.38. The zero-order valence-corrected chi connectivity index (χ0v) is 12.2. The van der Waals surface area contributed by atoms with Gasteiger partial charge in [-0.05, 0) is 11.5 Å². The lowest BCUT2D eigenvalue weighted by Gasteiger charge is -2.26. The fraction of sp³-hybridized carbons (Fsp3) is 0.750. The summed E-state index contributed by atoms with van der Waals surface area (Å²) >= 11 is 3.69. The van der Waals surface area contributed by atoms with Crippen LogP contribution in [0, 0.1) is 5.41 Å². The predicted octanol–water partition coefficient (Wildman–Crippen LogP) is 3.14. The van der Waals surface area contributed by atoms with Crippen LogP contribution in [0.15, 0.2) is 16.6 Å². The van der Waals surface area contributed by atoms with Gasteiger partial charge in [-0.3, -0.25) is 0 Å². The van der Waals surface area contributed by atoms with Crippen LogP contribution in [0.4, 0.5) is 0 Å². The lowest BCUT2D eigenvalue weighted by molar-refractivity contribution is 0.145. The van der Waals surface area contributed by atoms with Gasteiger partial charge in [-0.15, -0.1) is 0 Å². The van der Waals surface area contributed by atoms with Crippen LogP contribution in [-0.2, 0) is 9.47 Å². The minimum Gasteiger partial charge on any atom is -0.484 e. The van der Waals surface area contributed by atoms with E-state index in [1.54, 1.807) is 14.2 Å². The van der Waals surface area contributed by atoms with E-state index in [9.17, 15) is 0 Å². The molecule has 0 amide bonds. The van der Waals surface area contributed by atoms with Gasteiger partial charge in [0.25, 0.3) is 0 Å². The van der Waals surface area contributed by atoms with Gasteiger partial charge in [0.15, 0.2) is 12.1 Å². The number of alkyl halides is 1. The molecule has 0 aliphatic carbocycles. The molecule has 3 nitrogen and oxygen atoms in total. The highest BCUT2D eigenvalue weighted by Crippen LogP contribution is 2.35. The highest BCUT2D eigenvalue weighted by molar-refractivity contribution is 9.09. The van der Waals surface area contributed by atoms with E-state index < -0.39 is 0 Å². The second-order valence-electron chi connectivity index (χ2n) is 4.90. The Labute approximate surface area is 106 Å². The topological polar surface area (TPSA) is 30.8 Å². The van der Waals surface area contributed by atoms with Gasteiger partial charge in [-0.2, -0.15) is 0 Å². The second-order valence-corrected chi connectivity index (χ2v) is 6.00. The van der Waals surface area contributed by atoms with Crippen LogP contribution in [0.2, 0.25) is 0 Å². The molecule has 1 rings (SSSR count). The molecule has 0 aromatic carbocycles. The molecule has 1 aliphatic heterocycles. The van der Waals surface area contributed by atoms with Gasteiger partial charge in [-0.25, -0.2) is 4.99 Å². The van der Waals surface area contributed by atoms with Crippen LogP contribution in [0.5, 0.6) is 0 Å². The Kier molecular flexibility index (Phi) is 4.56. The van der Waals surface area contributed by atoms with Gasteiger partial charge >= 0.3 is 0 Å². The van der Waals surface area contributed by atoms with Crippen molar-refractivity contribution in [1.29, 1.82) is 0 Å². The van der Waals surface area contributed by atoms with Crippen molar-refractivity contribution in [1.82, 2.24) is 0 Å². The molecule has 4 heteroatoms. The Morgan fingerprint density at radius 3 is 2.44 bits per heavy atom. The number of rotatable bonds is 1. The summed E-state index contributed by atoms with van der Waals surface area (Å²) in [4.78, 5) is 4.65. The third kappa shape index (κ3) is 3.32. The maximum absolute atomic E-state index is 5.31. The molecule has 92 valence electrons. The fourth-order valence-electron chi connectivity index (χ4n) is 1.73. The average Bonchev–Trinajstić information content (AvgIpc) is 2.36. The molecule has 0 fully saturated rings. The normalized spacial score (nSPS) is 26.9. The van der Waals surface area contributed by atoms with E-state index >= 15 is 0 Å². The third-order valence-corrected chi connectivity index (χ3v) is 3.44. The highest BCUT2D eigenvalue weighted by Gasteiger charge is 2.28. The number of ether oxygens (including phenoxy) is 2. The summed E-state index contributed by atoms with van der Waals surface area (Å²) in [5.41, 5.74) is 1.40. The van der Waals surface area contributed by atoms with E-state index in [0.717, 1.165) is 12.3 Å². The smallest absolute Gasteiger partial charge is 0.187 e. The number of methoxy groups -OCH3 is 2. The number of halogens is 1. The molecule has 0 N–H and O–H groups in total. The molecular formula is C12H20BrNO2. The van der Waals surface area contributed by atoms with Crippen molar-refractivity contribution in [3.63, 3.8) is 0 Å². The summed E-state index contributed by atoms with van der Waals surface area (Å²) in [5, 5.41) is 0. The molecule has 1 heterocycles. The fourth-order valence-corrected chi connectivity index (χ4v) is 2.85. The minimum absolute atomic E-state index is 0.101. The molecular weight excluding hydrogens is 270 g/mol. The summed E-state index contributed by atoms with van der Waals surface area (Å²) in [6.45, 7) is 6.58. The highest BCUT2D eigenvalue weighted by atomic mass is 79.9. The Hall–Kier alpha value is -0.350. The monoisotopic (exact) mass is 289 g/mol. The van der Waals surface area contributed by atoms with Gasteiger partial charge in [0.1, 0.15) is 0 Å². The van der Waals surface area contributed by atoms with E-state index in [0.29, 0.717) is 0 Å². The summed E-state index contributed by atoms with van der Waals surface area (Å²) in [7, 11) is 3.31. The Bertz CT molecular complexity index is 305. The van der Waals surface area contributed by atoms with Crippen molar-refractivity contribution in [2.75, 3.05) is 14.2 Å². The first-order valence-electron chi connectivity index (χ1n) is 5.38. The van der Waals surface area contributed by atoms with E-state index in [2.05, 4.69) is 47.8 Å². The zero-order chi connectivity index (χ0) is 12.3. The summed E-state index contributed by atoms with van der Waals surface area (Å²) < 4.78 is 10.6. The molecule has 0 saturated heterocycles. The van der Waals surface area contributed by atoms with Crippen LogP contribution < -0.4 is 0 Å². The molecule has 0 aromatic rings. The zero-order valence-electron chi connectivity index (χ0n) is 10.6. The quantitative estimate of drug-likeness (QED) is 0.548. The number of allylic oxidation sites excluding steroid dienone is 1. The minimum atomic E-state index is -0.244. The third-order valence-electron chi connectivity index (χ3n) is 2.63. The standard InChI is InChI=1S/C12H20BrNO2/c1-12(2,3)8-6-10(15-4)14-11(16-5)7-9(8)13/h6,9-10H,7H2,1-5H3. The Balaban J connectivity index is 3.02. The molecule has 16 heavy (non-hydrogen) atoms. The number of hydrogen-bond donors (Lipinski definition) is 0. The molecule has 0 saturated carbocycles. The van der Waals surface area contributed by atoms with Gasteiger partial charge in [0, 0.05) is 18.4 Å².